The fourth-order valence-electron chi connectivity index (χ4n) is 1.16. The molecule has 1 aromatic rings. The maximum atomic E-state index is 11.8. The van der Waals surface area contributed by atoms with Gasteiger partial charge in [-0.25, -0.2) is 0 Å². The third-order valence-corrected chi connectivity index (χ3v) is 3.77. The maximum absolute atomic E-state index is 11.8. The molecule has 0 heterocycles. The maximum Gasteiger partial charge on any atom is 0.252 e. The van der Waals surface area contributed by atoms with Crippen molar-refractivity contribution in [3.63, 3.8) is 0 Å². The molecule has 2 nitrogen and oxygen atoms in total. The van der Waals surface area contributed by atoms with Gasteiger partial charge in [-0.05, 0) is 17.9 Å². The van der Waals surface area contributed by atoms with E-state index >= 15 is 0 Å². The van der Waals surface area contributed by atoms with Crippen LogP contribution in [0.3, 0.4) is 0 Å². The first kappa shape index (κ1) is 13.7. The number of halogens is 2. The summed E-state index contributed by atoms with van der Waals surface area (Å²) in [6.07, 6.45) is 0. The van der Waals surface area contributed by atoms with Crippen LogP contribution >= 0.6 is 35.0 Å². The van der Waals surface area contributed by atoms with Crippen LogP contribution in [0.25, 0.3) is 0 Å². The van der Waals surface area contributed by atoms with Gasteiger partial charge in [-0.15, -0.1) is 35.0 Å². The minimum absolute atomic E-state index is 0.155. The number of thioether (sulfide) groups is 1. The molecular formula is C11H13Cl2NOS. The molecule has 0 bridgehead atoms. The Morgan fingerprint density at radius 2 is 2.00 bits per heavy atom. The van der Waals surface area contributed by atoms with Crippen molar-refractivity contribution >= 4 is 40.9 Å². The number of rotatable bonds is 5. The summed E-state index contributed by atoms with van der Waals surface area (Å²) in [4.78, 5) is 11.2. The summed E-state index contributed by atoms with van der Waals surface area (Å²) in [7, 11) is 0. The molecule has 0 radical (unpaired) electrons. The molecular weight excluding hydrogens is 265 g/mol. The molecule has 1 rings (SSSR count). The largest absolute Gasteiger partial charge is 0.338 e. The molecule has 0 aliphatic rings. The molecule has 1 aromatic carbocycles. The number of nitrogens with one attached hydrogen (secondary N) is 1. The van der Waals surface area contributed by atoms with Gasteiger partial charge in [-0.2, -0.15) is 0 Å². The fraction of sp³-hybridized carbons (Fsp3) is 0.364. The minimum Gasteiger partial charge on any atom is -0.338 e. The van der Waals surface area contributed by atoms with Crippen molar-refractivity contribution in [3.8, 4) is 0 Å². The van der Waals surface area contributed by atoms with E-state index in [2.05, 4.69) is 5.32 Å². The Balaban J connectivity index is 2.62. The lowest BCUT2D eigenvalue weighted by Gasteiger charge is -2.18. The molecule has 0 aliphatic heterocycles. The Morgan fingerprint density at radius 3 is 2.50 bits per heavy atom. The molecule has 0 aromatic heterocycles. The van der Waals surface area contributed by atoms with Gasteiger partial charge in [0.25, 0.3) is 5.91 Å². The highest BCUT2D eigenvalue weighted by Crippen LogP contribution is 2.19. The first-order valence-electron chi connectivity index (χ1n) is 4.90. The van der Waals surface area contributed by atoms with E-state index in [1.165, 1.54) is 11.8 Å². The molecule has 0 unspecified atom stereocenters. The second kappa shape index (κ2) is 7.05. The van der Waals surface area contributed by atoms with E-state index in [9.17, 15) is 4.79 Å². The molecule has 1 amide bonds. The van der Waals surface area contributed by atoms with Crippen LogP contribution in [0.4, 0.5) is 0 Å². The summed E-state index contributed by atoms with van der Waals surface area (Å²) in [6.45, 7) is 1.99. The highest BCUT2D eigenvalue weighted by atomic mass is 35.5. The third-order valence-electron chi connectivity index (χ3n) is 1.88. The van der Waals surface area contributed by atoms with Gasteiger partial charge in [-0.3, -0.25) is 4.79 Å². The van der Waals surface area contributed by atoms with Gasteiger partial charge in [0.2, 0.25) is 0 Å². The standard InChI is InChI=1S/C11H13Cl2NOS/c1-2-16-11(9(12)13)14-10(15)8-6-4-3-5-7-8/h3-7,9,11H,2H2,1H3,(H,14,15)/t11-/m0/s1. The second-order valence-electron chi connectivity index (χ2n) is 3.05. The highest BCUT2D eigenvalue weighted by Gasteiger charge is 2.19. The fourth-order valence-corrected chi connectivity index (χ4v) is 2.42. The SMILES string of the molecule is CCS[C@H](NC(=O)c1ccccc1)C(Cl)Cl. The van der Waals surface area contributed by atoms with Crippen molar-refractivity contribution in [1.29, 1.82) is 0 Å². The lowest BCUT2D eigenvalue weighted by molar-refractivity contribution is 0.0951. The average molecular weight is 278 g/mol. The lowest BCUT2D eigenvalue weighted by Crippen LogP contribution is -2.36. The summed E-state index contributed by atoms with van der Waals surface area (Å²) in [5.74, 6) is 0.688. The van der Waals surface area contributed by atoms with Crippen LogP contribution in [-0.2, 0) is 0 Å². The Kier molecular flexibility index (Phi) is 6.03. The molecule has 0 aliphatic carbocycles. The Labute approximate surface area is 110 Å². The normalized spacial score (nSPS) is 12.5. The third kappa shape index (κ3) is 4.24. The molecule has 0 fully saturated rings. The van der Waals surface area contributed by atoms with Gasteiger partial charge in [-0.1, -0.05) is 25.1 Å². The molecule has 5 heteroatoms. The summed E-state index contributed by atoms with van der Waals surface area (Å²) in [5.41, 5.74) is 0.609. The molecule has 0 saturated heterocycles. The van der Waals surface area contributed by atoms with Gasteiger partial charge in [0.05, 0.1) is 0 Å². The predicted octanol–water partition coefficient (Wildman–Crippen LogP) is 3.30. The van der Waals surface area contributed by atoms with Crippen molar-refractivity contribution in [2.24, 2.45) is 0 Å². The van der Waals surface area contributed by atoms with Gasteiger partial charge in [0.15, 0.2) is 0 Å². The van der Waals surface area contributed by atoms with E-state index in [0.717, 1.165) is 5.75 Å². The van der Waals surface area contributed by atoms with Crippen molar-refractivity contribution < 1.29 is 4.79 Å². The van der Waals surface area contributed by atoms with Gasteiger partial charge in [0.1, 0.15) is 10.2 Å². The number of amides is 1. The predicted molar refractivity (Wildman–Crippen MR) is 71.3 cm³/mol. The molecule has 16 heavy (non-hydrogen) atoms. The van der Waals surface area contributed by atoms with E-state index in [0.29, 0.717) is 5.56 Å². The molecule has 0 spiro atoms. The van der Waals surface area contributed by atoms with Gasteiger partial charge < -0.3 is 5.32 Å². The first-order valence-corrected chi connectivity index (χ1v) is 6.83. The van der Waals surface area contributed by atoms with Crippen LogP contribution in [-0.4, -0.2) is 21.9 Å². The number of alkyl halides is 2. The zero-order valence-corrected chi connectivity index (χ0v) is 11.1. The summed E-state index contributed by atoms with van der Waals surface area (Å²) in [5, 5.41) is 2.52. The number of carbonyl (C=O) groups is 1. The zero-order valence-electron chi connectivity index (χ0n) is 8.82. The number of hydrogen-bond donors (Lipinski definition) is 1. The van der Waals surface area contributed by atoms with Crippen LogP contribution in [0, 0.1) is 0 Å². The van der Waals surface area contributed by atoms with E-state index in [1.54, 1.807) is 12.1 Å². The van der Waals surface area contributed by atoms with Crippen LogP contribution < -0.4 is 5.32 Å². The number of benzene rings is 1. The topological polar surface area (TPSA) is 29.1 Å². The summed E-state index contributed by atoms with van der Waals surface area (Å²) < 4.78 is 0. The zero-order chi connectivity index (χ0) is 12.0. The Hall–Kier alpha value is -0.380. The Bertz CT molecular complexity index is 332. The number of hydrogen-bond acceptors (Lipinski definition) is 2. The van der Waals surface area contributed by atoms with E-state index in [4.69, 9.17) is 23.2 Å². The lowest BCUT2D eigenvalue weighted by atomic mass is 10.2. The van der Waals surface area contributed by atoms with Gasteiger partial charge in [0, 0.05) is 5.56 Å². The molecule has 0 saturated carbocycles. The Morgan fingerprint density at radius 1 is 1.38 bits per heavy atom. The van der Waals surface area contributed by atoms with Gasteiger partial charge >= 0.3 is 0 Å². The van der Waals surface area contributed by atoms with Crippen LogP contribution in [0.1, 0.15) is 17.3 Å². The highest BCUT2D eigenvalue weighted by molar-refractivity contribution is 8.00. The van der Waals surface area contributed by atoms with Crippen LogP contribution in [0.2, 0.25) is 0 Å². The minimum atomic E-state index is -0.613. The molecule has 1 atom stereocenters. The van der Waals surface area contributed by atoms with Crippen molar-refractivity contribution in [1.82, 2.24) is 5.32 Å². The quantitative estimate of drug-likeness (QED) is 0.661. The van der Waals surface area contributed by atoms with E-state index in [-0.39, 0.29) is 11.3 Å². The second-order valence-corrected chi connectivity index (χ2v) is 5.63. The first-order chi connectivity index (χ1) is 7.65. The van der Waals surface area contributed by atoms with Crippen molar-refractivity contribution in [3.05, 3.63) is 35.9 Å². The van der Waals surface area contributed by atoms with E-state index < -0.39 is 4.84 Å². The van der Waals surface area contributed by atoms with Crippen molar-refractivity contribution in [2.45, 2.75) is 17.1 Å². The summed E-state index contributed by atoms with van der Waals surface area (Å²) >= 11 is 13.1. The monoisotopic (exact) mass is 277 g/mol. The smallest absolute Gasteiger partial charge is 0.252 e. The molecule has 88 valence electrons. The average Bonchev–Trinajstić information content (AvgIpc) is 2.29. The van der Waals surface area contributed by atoms with Crippen molar-refractivity contribution in [2.75, 3.05) is 5.75 Å². The molecule has 1 N–H and O–H groups in total. The summed E-state index contributed by atoms with van der Waals surface area (Å²) in [6, 6.07) is 8.99. The number of carbonyl (C=O) groups excluding carboxylic acids is 1. The van der Waals surface area contributed by atoms with Crippen LogP contribution in [0.15, 0.2) is 30.3 Å². The van der Waals surface area contributed by atoms with Crippen LogP contribution in [0.5, 0.6) is 0 Å². The van der Waals surface area contributed by atoms with E-state index in [1.807, 2.05) is 25.1 Å².